The summed E-state index contributed by atoms with van der Waals surface area (Å²) in [6.45, 7) is -0.106. The van der Waals surface area contributed by atoms with E-state index in [2.05, 4.69) is 13.5 Å². The van der Waals surface area contributed by atoms with Crippen LogP contribution in [0.1, 0.15) is 31.9 Å². The topological polar surface area (TPSA) is 38.3 Å². The first-order valence-electron chi connectivity index (χ1n) is 7.89. The van der Waals surface area contributed by atoms with E-state index in [0.717, 1.165) is 6.92 Å². The van der Waals surface area contributed by atoms with Gasteiger partial charge >= 0.3 is 24.3 Å². The fourth-order valence-electron chi connectivity index (χ4n) is 2.44. The van der Waals surface area contributed by atoms with Gasteiger partial charge < -0.3 is 4.74 Å². The van der Waals surface area contributed by atoms with Crippen molar-refractivity contribution in [1.29, 1.82) is 0 Å². The maximum absolute atomic E-state index is 13.9. The van der Waals surface area contributed by atoms with Crippen LogP contribution in [0.2, 0.25) is 0 Å². The maximum atomic E-state index is 13.9. The Labute approximate surface area is 157 Å². The largest absolute Gasteiger partial charge is 0.472 e. The van der Waals surface area contributed by atoms with Crippen LogP contribution in [-0.4, -0.2) is 51.0 Å². The Morgan fingerprint density at radius 3 is 2.29 bits per heavy atom. The third-order valence-electron chi connectivity index (χ3n) is 3.89. The van der Waals surface area contributed by atoms with E-state index in [1.807, 2.05) is 0 Å². The first kappa shape index (κ1) is 22.7. The van der Waals surface area contributed by atoms with E-state index in [4.69, 9.17) is 0 Å². The van der Waals surface area contributed by atoms with Gasteiger partial charge in [-0.1, -0.05) is 19.4 Å². The molecule has 0 radical (unpaired) electrons. The Morgan fingerprint density at radius 1 is 1.07 bits per heavy atom. The normalized spacial score (nSPS) is 17.6. The highest BCUT2D eigenvalue weighted by molar-refractivity contribution is 6.99. The standard InChI is InChI=1S/C14H14F9N3OS/c1-2-5-11(15,16)12(17,18)13(19,20)27-10-9(24-28-25-10)8-4-3-6-26(7-8)14(21,22)23/h4H,2-3,5-7H2,1H3. The van der Waals surface area contributed by atoms with Crippen molar-refractivity contribution in [3.63, 3.8) is 0 Å². The smallest absolute Gasteiger partial charge is 0.407 e. The number of hydrogen-bond donors (Lipinski definition) is 0. The molecule has 1 aliphatic heterocycles. The first-order valence-corrected chi connectivity index (χ1v) is 8.62. The minimum absolute atomic E-state index is 0.0492. The number of hydrogen-bond acceptors (Lipinski definition) is 5. The molecule has 0 atom stereocenters. The number of halogens is 9. The first-order chi connectivity index (χ1) is 12.7. The summed E-state index contributed by atoms with van der Waals surface area (Å²) in [6.07, 6.45) is -11.3. The van der Waals surface area contributed by atoms with Gasteiger partial charge in [-0.2, -0.15) is 43.9 Å². The Balaban J connectivity index is 2.28. The van der Waals surface area contributed by atoms with Gasteiger partial charge in [0.2, 0.25) is 0 Å². The SMILES string of the molecule is CCCC(F)(F)C(F)(F)C(F)(F)Oc1nsnc1C1=CCCN(C(F)(F)F)C1. The Hall–Kier alpha value is -1.57. The van der Waals surface area contributed by atoms with Crippen LogP contribution < -0.4 is 4.74 Å². The van der Waals surface area contributed by atoms with Crippen LogP contribution in [-0.2, 0) is 0 Å². The van der Waals surface area contributed by atoms with E-state index < -0.39 is 61.8 Å². The molecule has 0 bridgehead atoms. The molecule has 1 aliphatic rings. The molecule has 0 saturated heterocycles. The van der Waals surface area contributed by atoms with E-state index in [1.165, 1.54) is 6.08 Å². The zero-order valence-electron chi connectivity index (χ0n) is 14.2. The number of alkyl halides is 9. The number of rotatable bonds is 7. The molecule has 0 amide bonds. The van der Waals surface area contributed by atoms with Crippen LogP contribution >= 0.6 is 11.7 Å². The van der Waals surface area contributed by atoms with Crippen molar-refractivity contribution in [2.75, 3.05) is 13.1 Å². The molecule has 160 valence electrons. The van der Waals surface area contributed by atoms with E-state index in [-0.39, 0.29) is 28.6 Å². The second kappa shape index (κ2) is 7.69. The predicted molar refractivity (Wildman–Crippen MR) is 80.5 cm³/mol. The third-order valence-corrected chi connectivity index (χ3v) is 4.40. The number of ether oxygens (including phenoxy) is 1. The second-order valence-electron chi connectivity index (χ2n) is 5.97. The molecule has 2 heterocycles. The molecule has 2 rings (SSSR count). The fourth-order valence-corrected chi connectivity index (χ4v) is 2.96. The molecule has 0 aromatic carbocycles. The van der Waals surface area contributed by atoms with Gasteiger partial charge in [0.1, 0.15) is 5.69 Å². The zero-order chi connectivity index (χ0) is 21.4. The summed E-state index contributed by atoms with van der Waals surface area (Å²) >= 11 is 0.206. The average Bonchev–Trinajstić information content (AvgIpc) is 3.01. The second-order valence-corrected chi connectivity index (χ2v) is 6.50. The van der Waals surface area contributed by atoms with E-state index in [0.29, 0.717) is 0 Å². The van der Waals surface area contributed by atoms with Crippen LogP contribution in [0.4, 0.5) is 39.5 Å². The number of aromatic nitrogens is 2. The van der Waals surface area contributed by atoms with Crippen molar-refractivity contribution in [3.05, 3.63) is 11.8 Å². The minimum atomic E-state index is -5.88. The molecular formula is C14H14F9N3OS. The molecule has 28 heavy (non-hydrogen) atoms. The van der Waals surface area contributed by atoms with Crippen molar-refractivity contribution >= 4 is 17.3 Å². The van der Waals surface area contributed by atoms with Gasteiger partial charge in [0.25, 0.3) is 5.88 Å². The van der Waals surface area contributed by atoms with Crippen molar-refractivity contribution in [2.24, 2.45) is 0 Å². The van der Waals surface area contributed by atoms with Gasteiger partial charge in [-0.3, -0.25) is 0 Å². The van der Waals surface area contributed by atoms with Crippen molar-refractivity contribution in [2.45, 2.75) is 50.4 Å². The highest BCUT2D eigenvalue weighted by Gasteiger charge is 2.73. The van der Waals surface area contributed by atoms with Crippen LogP contribution in [0.5, 0.6) is 5.88 Å². The quantitative estimate of drug-likeness (QED) is 0.430. The van der Waals surface area contributed by atoms with Crippen LogP contribution in [0.15, 0.2) is 6.08 Å². The van der Waals surface area contributed by atoms with Crippen molar-refractivity contribution < 1.29 is 44.3 Å². The summed E-state index contributed by atoms with van der Waals surface area (Å²) in [6, 6.07) is 0. The van der Waals surface area contributed by atoms with Gasteiger partial charge in [-0.05, 0) is 12.0 Å². The van der Waals surface area contributed by atoms with Gasteiger partial charge in [0, 0.05) is 19.5 Å². The Bertz CT molecular complexity index is 717. The monoisotopic (exact) mass is 443 g/mol. The molecule has 0 unspecified atom stereocenters. The lowest BCUT2D eigenvalue weighted by molar-refractivity contribution is -0.373. The summed E-state index contributed by atoms with van der Waals surface area (Å²) < 4.78 is 131. The molecule has 0 N–H and O–H groups in total. The van der Waals surface area contributed by atoms with Gasteiger partial charge in [-0.15, -0.1) is 4.37 Å². The highest BCUT2D eigenvalue weighted by atomic mass is 32.1. The molecule has 0 aliphatic carbocycles. The summed E-state index contributed by atoms with van der Waals surface area (Å²) in [7, 11) is 0. The lowest BCUT2D eigenvalue weighted by Crippen LogP contribution is -2.57. The fraction of sp³-hybridized carbons (Fsp3) is 0.714. The summed E-state index contributed by atoms with van der Waals surface area (Å²) in [4.78, 5) is 0.0492. The molecule has 0 fully saturated rings. The third kappa shape index (κ3) is 4.36. The highest BCUT2D eigenvalue weighted by Crippen LogP contribution is 2.49. The van der Waals surface area contributed by atoms with Gasteiger partial charge in [-0.25, -0.2) is 4.90 Å². The summed E-state index contributed by atoms with van der Waals surface area (Å²) in [5.74, 6) is -12.2. The van der Waals surface area contributed by atoms with Crippen molar-refractivity contribution in [3.8, 4) is 5.88 Å². The molecule has 4 nitrogen and oxygen atoms in total. The Kier molecular flexibility index (Phi) is 6.24. The van der Waals surface area contributed by atoms with E-state index in [9.17, 15) is 39.5 Å². The molecule has 1 aromatic rings. The zero-order valence-corrected chi connectivity index (χ0v) is 15.0. The maximum Gasteiger partial charge on any atom is 0.472 e. The lowest BCUT2D eigenvalue weighted by atomic mass is 10.1. The Morgan fingerprint density at radius 2 is 1.71 bits per heavy atom. The van der Waals surface area contributed by atoms with Crippen LogP contribution in [0, 0.1) is 0 Å². The van der Waals surface area contributed by atoms with Crippen molar-refractivity contribution in [1.82, 2.24) is 13.6 Å². The van der Waals surface area contributed by atoms with Crippen LogP contribution in [0.3, 0.4) is 0 Å². The minimum Gasteiger partial charge on any atom is -0.407 e. The molecule has 0 saturated carbocycles. The molecule has 14 heteroatoms. The van der Waals surface area contributed by atoms with Gasteiger partial charge in [0.05, 0.1) is 11.7 Å². The predicted octanol–water partition coefficient (Wildman–Crippen LogP) is 5.19. The summed E-state index contributed by atoms with van der Waals surface area (Å²) in [5.41, 5.74) is -0.875. The number of nitrogens with zero attached hydrogens (tertiary/aromatic N) is 3. The van der Waals surface area contributed by atoms with E-state index >= 15 is 0 Å². The van der Waals surface area contributed by atoms with E-state index in [1.54, 1.807) is 0 Å². The average molecular weight is 443 g/mol. The van der Waals surface area contributed by atoms with Crippen LogP contribution in [0.25, 0.3) is 5.57 Å². The summed E-state index contributed by atoms with van der Waals surface area (Å²) in [5, 5.41) is 0. The molecule has 0 spiro atoms. The molecular weight excluding hydrogens is 429 g/mol. The lowest BCUT2D eigenvalue weighted by Gasteiger charge is -2.32. The molecule has 1 aromatic heterocycles. The van der Waals surface area contributed by atoms with Gasteiger partial charge in [0.15, 0.2) is 0 Å².